The molecule has 0 saturated carbocycles. The largest absolute Gasteiger partial charge is 0.376 e. The summed E-state index contributed by atoms with van der Waals surface area (Å²) in [7, 11) is 4.09. The molecule has 1 aliphatic rings. The number of guanidine groups is 1. The predicted octanol–water partition coefficient (Wildman–Crippen LogP) is 1.60. The highest BCUT2D eigenvalue weighted by Crippen LogP contribution is 2.15. The van der Waals surface area contributed by atoms with E-state index < -0.39 is 0 Å². The molecule has 1 aromatic heterocycles. The summed E-state index contributed by atoms with van der Waals surface area (Å²) in [6.07, 6.45) is 2.11. The van der Waals surface area contributed by atoms with E-state index in [4.69, 9.17) is 9.47 Å². The van der Waals surface area contributed by atoms with E-state index in [9.17, 15) is 0 Å². The van der Waals surface area contributed by atoms with Crippen LogP contribution in [0.4, 0.5) is 0 Å². The average Bonchev–Trinajstić information content (AvgIpc) is 2.82. The zero-order chi connectivity index (χ0) is 15.9. The summed E-state index contributed by atoms with van der Waals surface area (Å²) >= 11 is 3.51. The molecule has 7 heteroatoms. The van der Waals surface area contributed by atoms with Crippen LogP contribution in [0.1, 0.15) is 12.6 Å². The Bertz CT molecular complexity index is 498. The van der Waals surface area contributed by atoms with Gasteiger partial charge in [-0.3, -0.25) is 4.99 Å². The van der Waals surface area contributed by atoms with Crippen LogP contribution in [-0.2, 0) is 23.1 Å². The fourth-order valence-corrected chi connectivity index (χ4v) is 2.91. The number of aliphatic imine (C=N–C) groups is 1. The highest BCUT2D eigenvalue weighted by atomic mass is 79.9. The molecule has 0 radical (unpaired) electrons. The smallest absolute Gasteiger partial charge is 0.194 e. The van der Waals surface area contributed by atoms with Crippen molar-refractivity contribution in [2.24, 2.45) is 12.0 Å². The molecule has 1 saturated heterocycles. The summed E-state index contributed by atoms with van der Waals surface area (Å²) in [6, 6.07) is 2.12. The van der Waals surface area contributed by atoms with Crippen LogP contribution in [0.15, 0.2) is 21.7 Å². The van der Waals surface area contributed by atoms with Crippen LogP contribution in [0.2, 0.25) is 0 Å². The predicted molar refractivity (Wildman–Crippen MR) is 91.1 cm³/mol. The summed E-state index contributed by atoms with van der Waals surface area (Å²) in [4.78, 5) is 6.80. The number of rotatable bonds is 5. The maximum atomic E-state index is 5.64. The van der Waals surface area contributed by atoms with E-state index in [0.717, 1.165) is 23.5 Å². The normalized spacial score (nSPS) is 19.3. The molecule has 1 aliphatic heterocycles. The van der Waals surface area contributed by atoms with Crippen LogP contribution in [0.5, 0.6) is 0 Å². The molecule has 2 heterocycles. The van der Waals surface area contributed by atoms with Gasteiger partial charge in [0.2, 0.25) is 0 Å². The van der Waals surface area contributed by atoms with Crippen molar-refractivity contribution in [3.63, 3.8) is 0 Å². The first-order chi connectivity index (χ1) is 10.6. The van der Waals surface area contributed by atoms with E-state index in [-0.39, 0.29) is 6.10 Å². The zero-order valence-electron chi connectivity index (χ0n) is 13.5. The molecule has 2 rings (SSSR count). The first-order valence-corrected chi connectivity index (χ1v) is 8.39. The molecule has 1 aromatic rings. The molecule has 0 aliphatic carbocycles. The highest BCUT2D eigenvalue weighted by molar-refractivity contribution is 9.10. The van der Waals surface area contributed by atoms with Crippen molar-refractivity contribution in [1.29, 1.82) is 0 Å². The fourth-order valence-electron chi connectivity index (χ4n) is 2.34. The molecule has 0 amide bonds. The van der Waals surface area contributed by atoms with Crippen LogP contribution < -0.4 is 5.32 Å². The molecular formula is C15H25BrN4O2. The van der Waals surface area contributed by atoms with E-state index in [2.05, 4.69) is 54.9 Å². The fraction of sp³-hybridized carbons (Fsp3) is 0.667. The van der Waals surface area contributed by atoms with E-state index in [1.54, 1.807) is 0 Å². The Kier molecular flexibility index (Phi) is 6.72. The van der Waals surface area contributed by atoms with Crippen molar-refractivity contribution in [3.05, 3.63) is 22.4 Å². The van der Waals surface area contributed by atoms with Crippen molar-refractivity contribution in [1.82, 2.24) is 14.8 Å². The number of aryl methyl sites for hydroxylation is 1. The lowest BCUT2D eigenvalue weighted by molar-refractivity contribution is -0.0833. The number of halogens is 1. The summed E-state index contributed by atoms with van der Waals surface area (Å²) in [5.74, 6) is 0.883. The number of ether oxygens (including phenoxy) is 2. The third-order valence-corrected chi connectivity index (χ3v) is 3.93. The minimum Gasteiger partial charge on any atom is -0.376 e. The van der Waals surface area contributed by atoms with Gasteiger partial charge in [-0.25, -0.2) is 0 Å². The van der Waals surface area contributed by atoms with Gasteiger partial charge in [-0.2, -0.15) is 0 Å². The van der Waals surface area contributed by atoms with Crippen LogP contribution in [0, 0.1) is 0 Å². The summed E-state index contributed by atoms with van der Waals surface area (Å²) in [5.41, 5.74) is 1.22. The Labute approximate surface area is 140 Å². The van der Waals surface area contributed by atoms with Gasteiger partial charge in [0.05, 0.1) is 32.9 Å². The maximum Gasteiger partial charge on any atom is 0.194 e. The lowest BCUT2D eigenvalue weighted by Gasteiger charge is -2.25. The molecular weight excluding hydrogens is 348 g/mol. The van der Waals surface area contributed by atoms with Crippen molar-refractivity contribution in [3.8, 4) is 0 Å². The van der Waals surface area contributed by atoms with Gasteiger partial charge in [0.25, 0.3) is 0 Å². The Morgan fingerprint density at radius 2 is 2.36 bits per heavy atom. The number of nitrogens with one attached hydrogen (secondary N) is 1. The van der Waals surface area contributed by atoms with Crippen molar-refractivity contribution >= 4 is 21.9 Å². The number of hydrogen-bond acceptors (Lipinski definition) is 3. The second-order valence-corrected chi connectivity index (χ2v) is 6.29. The second kappa shape index (κ2) is 8.55. The lowest BCUT2D eigenvalue weighted by atomic mass is 10.3. The van der Waals surface area contributed by atoms with Gasteiger partial charge in [-0.1, -0.05) is 0 Å². The van der Waals surface area contributed by atoms with Gasteiger partial charge >= 0.3 is 0 Å². The summed E-state index contributed by atoms with van der Waals surface area (Å²) in [5, 5.41) is 3.33. The summed E-state index contributed by atoms with van der Waals surface area (Å²) < 4.78 is 14.3. The van der Waals surface area contributed by atoms with Crippen molar-refractivity contribution in [2.75, 3.05) is 40.0 Å². The lowest BCUT2D eigenvalue weighted by Crippen LogP contribution is -2.40. The molecule has 1 atom stereocenters. The third kappa shape index (κ3) is 5.00. The number of hydrogen-bond donors (Lipinski definition) is 1. The van der Waals surface area contributed by atoms with Crippen LogP contribution in [0.3, 0.4) is 0 Å². The van der Waals surface area contributed by atoms with Gasteiger partial charge in [-0.05, 0) is 28.9 Å². The number of aromatic nitrogens is 1. The Morgan fingerprint density at radius 1 is 1.55 bits per heavy atom. The van der Waals surface area contributed by atoms with E-state index in [1.165, 1.54) is 5.69 Å². The molecule has 1 fully saturated rings. The second-order valence-electron chi connectivity index (χ2n) is 5.38. The zero-order valence-corrected chi connectivity index (χ0v) is 15.1. The SMILES string of the molecule is CCNC(=NCC1COCCO1)N(C)Cc1cc(Br)cn1C. The van der Waals surface area contributed by atoms with E-state index in [1.807, 2.05) is 14.1 Å². The monoisotopic (exact) mass is 372 g/mol. The molecule has 0 spiro atoms. The van der Waals surface area contributed by atoms with E-state index in [0.29, 0.717) is 26.4 Å². The average molecular weight is 373 g/mol. The highest BCUT2D eigenvalue weighted by Gasteiger charge is 2.15. The van der Waals surface area contributed by atoms with Gasteiger partial charge < -0.3 is 24.3 Å². The van der Waals surface area contributed by atoms with Crippen LogP contribution in [-0.4, -0.2) is 61.5 Å². The minimum absolute atomic E-state index is 0.0555. The Morgan fingerprint density at radius 3 is 2.95 bits per heavy atom. The first kappa shape index (κ1) is 17.3. The molecule has 0 aromatic carbocycles. The summed E-state index contributed by atoms with van der Waals surface area (Å²) in [6.45, 7) is 6.27. The molecule has 6 nitrogen and oxygen atoms in total. The number of nitrogens with zero attached hydrogens (tertiary/aromatic N) is 3. The maximum absolute atomic E-state index is 5.64. The van der Waals surface area contributed by atoms with Crippen molar-refractivity contribution in [2.45, 2.75) is 19.6 Å². The molecule has 22 heavy (non-hydrogen) atoms. The van der Waals surface area contributed by atoms with Gasteiger partial charge in [-0.15, -0.1) is 0 Å². The topological polar surface area (TPSA) is 51.0 Å². The quantitative estimate of drug-likeness (QED) is 0.629. The van der Waals surface area contributed by atoms with Crippen LogP contribution >= 0.6 is 15.9 Å². The van der Waals surface area contributed by atoms with Crippen LogP contribution in [0.25, 0.3) is 0 Å². The Hall–Kier alpha value is -1.05. The molecule has 1 unspecified atom stereocenters. The molecule has 0 bridgehead atoms. The van der Waals surface area contributed by atoms with Gasteiger partial charge in [0.15, 0.2) is 5.96 Å². The Balaban J connectivity index is 1.97. The van der Waals surface area contributed by atoms with Gasteiger partial charge in [0.1, 0.15) is 6.10 Å². The van der Waals surface area contributed by atoms with E-state index >= 15 is 0 Å². The van der Waals surface area contributed by atoms with Crippen molar-refractivity contribution < 1.29 is 9.47 Å². The third-order valence-electron chi connectivity index (χ3n) is 3.50. The minimum atomic E-state index is 0.0555. The molecule has 1 N–H and O–H groups in total. The first-order valence-electron chi connectivity index (χ1n) is 7.59. The van der Waals surface area contributed by atoms with Gasteiger partial charge in [0, 0.05) is 37.0 Å². The molecule has 124 valence electrons. The standard InChI is InChI=1S/C15H25BrN4O2/c1-4-17-15(18-8-14-11-21-5-6-22-14)20(3)10-13-7-12(16)9-19(13)2/h7,9,14H,4-6,8,10-11H2,1-3H3,(H,17,18).